The standard InChI is InChI=1S/C13H11BrO4/c1-2-17-13(16)11-6-9(15)12-8(7-14)4-3-5-10(12)18-11/h3-6H,2,7H2,1H3. The van der Waals surface area contributed by atoms with Gasteiger partial charge in [-0.15, -0.1) is 0 Å². The number of fused-ring (bicyclic) bond motifs is 1. The first-order valence-electron chi connectivity index (χ1n) is 5.46. The minimum absolute atomic E-state index is 0.0685. The summed E-state index contributed by atoms with van der Waals surface area (Å²) in [6.07, 6.45) is 0. The average molecular weight is 311 g/mol. The Bertz CT molecular complexity index is 645. The summed E-state index contributed by atoms with van der Waals surface area (Å²) in [5.41, 5.74) is 0.980. The highest BCUT2D eigenvalue weighted by atomic mass is 79.9. The molecule has 0 radical (unpaired) electrons. The van der Waals surface area contributed by atoms with Crippen molar-refractivity contribution in [3.8, 4) is 0 Å². The molecule has 0 aliphatic heterocycles. The van der Waals surface area contributed by atoms with Gasteiger partial charge in [-0.25, -0.2) is 4.79 Å². The van der Waals surface area contributed by atoms with E-state index in [1.165, 1.54) is 6.07 Å². The van der Waals surface area contributed by atoms with Crippen LogP contribution >= 0.6 is 15.9 Å². The van der Waals surface area contributed by atoms with Gasteiger partial charge in [0.05, 0.1) is 12.0 Å². The van der Waals surface area contributed by atoms with Crippen LogP contribution in [0.5, 0.6) is 0 Å². The largest absolute Gasteiger partial charge is 0.460 e. The molecule has 5 heteroatoms. The molecule has 4 nitrogen and oxygen atoms in total. The van der Waals surface area contributed by atoms with Gasteiger partial charge in [0.2, 0.25) is 5.76 Å². The van der Waals surface area contributed by atoms with Crippen molar-refractivity contribution in [2.75, 3.05) is 6.61 Å². The Hall–Kier alpha value is -1.62. The molecule has 0 saturated heterocycles. The van der Waals surface area contributed by atoms with E-state index in [1.807, 2.05) is 6.07 Å². The van der Waals surface area contributed by atoms with Crippen LogP contribution in [0.15, 0.2) is 33.5 Å². The van der Waals surface area contributed by atoms with Crippen molar-refractivity contribution in [2.24, 2.45) is 0 Å². The molecule has 0 bridgehead atoms. The third-order valence-corrected chi connectivity index (χ3v) is 3.07. The molecule has 0 fully saturated rings. The molecule has 2 aromatic rings. The second kappa shape index (κ2) is 5.35. The molecule has 0 amide bonds. The minimum Gasteiger partial charge on any atom is -0.460 e. The zero-order valence-electron chi connectivity index (χ0n) is 9.73. The molecule has 18 heavy (non-hydrogen) atoms. The molecule has 1 heterocycles. The van der Waals surface area contributed by atoms with Crippen molar-refractivity contribution in [3.05, 3.63) is 45.8 Å². The first kappa shape index (κ1) is 12.8. The highest BCUT2D eigenvalue weighted by molar-refractivity contribution is 9.08. The Kier molecular flexibility index (Phi) is 3.81. The lowest BCUT2D eigenvalue weighted by molar-refractivity contribution is 0.0490. The molecule has 0 unspecified atom stereocenters. The first-order valence-corrected chi connectivity index (χ1v) is 6.58. The van der Waals surface area contributed by atoms with Gasteiger partial charge in [-0.1, -0.05) is 28.1 Å². The quantitative estimate of drug-likeness (QED) is 0.646. The van der Waals surface area contributed by atoms with Crippen LogP contribution in [-0.4, -0.2) is 12.6 Å². The van der Waals surface area contributed by atoms with E-state index in [-0.39, 0.29) is 17.8 Å². The molecule has 2 rings (SSSR count). The minimum atomic E-state index is -0.624. The number of carbonyl (C=O) groups excluding carboxylic acids is 1. The van der Waals surface area contributed by atoms with Crippen LogP contribution in [0.3, 0.4) is 0 Å². The topological polar surface area (TPSA) is 56.5 Å². The van der Waals surface area contributed by atoms with E-state index in [1.54, 1.807) is 19.1 Å². The predicted molar refractivity (Wildman–Crippen MR) is 71.1 cm³/mol. The molecule has 94 valence electrons. The highest BCUT2D eigenvalue weighted by Gasteiger charge is 2.14. The Labute approximate surface area is 112 Å². The van der Waals surface area contributed by atoms with Crippen LogP contribution in [0, 0.1) is 0 Å². The van der Waals surface area contributed by atoms with Crippen molar-refractivity contribution < 1.29 is 13.9 Å². The lowest BCUT2D eigenvalue weighted by Gasteiger charge is -2.04. The molecule has 0 atom stereocenters. The molecule has 1 aromatic heterocycles. The number of alkyl halides is 1. The van der Waals surface area contributed by atoms with Gasteiger partial charge >= 0.3 is 5.97 Å². The maximum atomic E-state index is 12.0. The van der Waals surface area contributed by atoms with E-state index in [0.717, 1.165) is 5.56 Å². The molecule has 0 saturated carbocycles. The summed E-state index contributed by atoms with van der Waals surface area (Å²) < 4.78 is 10.2. The summed E-state index contributed by atoms with van der Waals surface area (Å²) in [6.45, 7) is 1.93. The summed E-state index contributed by atoms with van der Waals surface area (Å²) in [4.78, 5) is 23.5. The third-order valence-electron chi connectivity index (χ3n) is 2.46. The van der Waals surface area contributed by atoms with E-state index in [2.05, 4.69) is 15.9 Å². The SMILES string of the molecule is CCOC(=O)c1cc(=O)c2c(CBr)cccc2o1. The fourth-order valence-corrected chi connectivity index (χ4v) is 2.16. The van der Waals surface area contributed by atoms with Gasteiger partial charge in [0.25, 0.3) is 0 Å². The Balaban J connectivity index is 2.64. The number of halogens is 1. The van der Waals surface area contributed by atoms with E-state index >= 15 is 0 Å². The predicted octanol–water partition coefficient (Wildman–Crippen LogP) is 2.86. The Morgan fingerprint density at radius 3 is 2.89 bits per heavy atom. The van der Waals surface area contributed by atoms with E-state index in [9.17, 15) is 9.59 Å². The number of carbonyl (C=O) groups is 1. The normalized spacial score (nSPS) is 10.6. The van der Waals surface area contributed by atoms with Gasteiger partial charge in [0, 0.05) is 11.4 Å². The Morgan fingerprint density at radius 1 is 1.44 bits per heavy atom. The summed E-state index contributed by atoms with van der Waals surface area (Å²) in [6, 6.07) is 6.44. The van der Waals surface area contributed by atoms with E-state index in [0.29, 0.717) is 16.3 Å². The van der Waals surface area contributed by atoms with Crippen molar-refractivity contribution in [2.45, 2.75) is 12.3 Å². The number of hydrogen-bond acceptors (Lipinski definition) is 4. The van der Waals surface area contributed by atoms with Gasteiger partial charge in [0.1, 0.15) is 5.58 Å². The highest BCUT2D eigenvalue weighted by Crippen LogP contribution is 2.19. The molecule has 0 N–H and O–H groups in total. The summed E-state index contributed by atoms with van der Waals surface area (Å²) in [5, 5.41) is 1.04. The summed E-state index contributed by atoms with van der Waals surface area (Å²) >= 11 is 3.31. The fraction of sp³-hybridized carbons (Fsp3) is 0.231. The lowest BCUT2D eigenvalue weighted by atomic mass is 10.1. The van der Waals surface area contributed by atoms with E-state index < -0.39 is 5.97 Å². The maximum absolute atomic E-state index is 12.0. The number of benzene rings is 1. The molecular formula is C13H11BrO4. The third kappa shape index (κ3) is 2.31. The second-order valence-corrected chi connectivity index (χ2v) is 4.18. The number of rotatable bonds is 3. The van der Waals surface area contributed by atoms with Crippen LogP contribution in [0.2, 0.25) is 0 Å². The first-order chi connectivity index (χ1) is 8.67. The Morgan fingerprint density at radius 2 is 2.22 bits per heavy atom. The van der Waals surface area contributed by atoms with Crippen molar-refractivity contribution >= 4 is 32.9 Å². The number of hydrogen-bond donors (Lipinski definition) is 0. The van der Waals surface area contributed by atoms with Gasteiger partial charge in [-0.3, -0.25) is 4.79 Å². The van der Waals surface area contributed by atoms with Crippen molar-refractivity contribution in [1.29, 1.82) is 0 Å². The molecule has 0 spiro atoms. The second-order valence-electron chi connectivity index (χ2n) is 3.62. The van der Waals surface area contributed by atoms with Crippen LogP contribution in [-0.2, 0) is 10.1 Å². The number of ether oxygens (including phenoxy) is 1. The van der Waals surface area contributed by atoms with Crippen LogP contribution in [0.4, 0.5) is 0 Å². The lowest BCUT2D eigenvalue weighted by Crippen LogP contribution is -2.10. The zero-order valence-corrected chi connectivity index (χ0v) is 11.3. The van der Waals surface area contributed by atoms with Crippen LogP contribution in [0.25, 0.3) is 11.0 Å². The molecule has 1 aromatic carbocycles. The average Bonchev–Trinajstić information content (AvgIpc) is 2.38. The number of esters is 1. The summed E-state index contributed by atoms with van der Waals surface area (Å²) in [7, 11) is 0. The van der Waals surface area contributed by atoms with Crippen molar-refractivity contribution in [1.82, 2.24) is 0 Å². The van der Waals surface area contributed by atoms with Gasteiger partial charge in [-0.05, 0) is 18.6 Å². The molecule has 0 aliphatic rings. The fourth-order valence-electron chi connectivity index (χ4n) is 1.69. The molecule has 0 aliphatic carbocycles. The van der Waals surface area contributed by atoms with Crippen LogP contribution in [0.1, 0.15) is 23.0 Å². The zero-order chi connectivity index (χ0) is 13.1. The van der Waals surface area contributed by atoms with E-state index in [4.69, 9.17) is 9.15 Å². The van der Waals surface area contributed by atoms with Crippen molar-refractivity contribution in [3.63, 3.8) is 0 Å². The van der Waals surface area contributed by atoms with Gasteiger partial charge in [-0.2, -0.15) is 0 Å². The monoisotopic (exact) mass is 310 g/mol. The molecular weight excluding hydrogens is 300 g/mol. The van der Waals surface area contributed by atoms with Gasteiger partial charge < -0.3 is 9.15 Å². The van der Waals surface area contributed by atoms with Crippen LogP contribution < -0.4 is 5.43 Å². The maximum Gasteiger partial charge on any atom is 0.374 e. The smallest absolute Gasteiger partial charge is 0.374 e. The van der Waals surface area contributed by atoms with Gasteiger partial charge in [0.15, 0.2) is 5.43 Å². The summed E-state index contributed by atoms with van der Waals surface area (Å²) in [5.74, 6) is -0.693.